The first-order valence-electron chi connectivity index (χ1n) is 10.00. The summed E-state index contributed by atoms with van der Waals surface area (Å²) in [6.45, 7) is 9.19. The Kier molecular flexibility index (Phi) is 6.93. The third-order valence-corrected chi connectivity index (χ3v) is 6.08. The van der Waals surface area contributed by atoms with E-state index in [1.165, 1.54) is 16.0 Å². The maximum atomic E-state index is 12.4. The number of nitrogens with one attached hydrogen (secondary N) is 1. The summed E-state index contributed by atoms with van der Waals surface area (Å²) in [5.41, 5.74) is 3.64. The summed E-state index contributed by atoms with van der Waals surface area (Å²) in [7, 11) is 1.63. The Morgan fingerprint density at radius 3 is 2.63 bits per heavy atom. The molecule has 1 aromatic heterocycles. The minimum Gasteiger partial charge on any atom is -0.497 e. The molecule has 0 aliphatic rings. The van der Waals surface area contributed by atoms with Crippen LogP contribution in [-0.2, 0) is 17.7 Å². The van der Waals surface area contributed by atoms with Crippen molar-refractivity contribution in [2.45, 2.75) is 50.3 Å². The number of carbonyl (C=O) groups is 1. The Morgan fingerprint density at radius 2 is 1.90 bits per heavy atom. The summed E-state index contributed by atoms with van der Waals surface area (Å²) >= 11 is 1.73. The number of thioether (sulfide) groups is 1. The van der Waals surface area contributed by atoms with E-state index in [1.54, 1.807) is 24.9 Å². The number of methoxy groups -OCH3 is 1. The molecule has 0 unspecified atom stereocenters. The number of ether oxygens (including phenoxy) is 1. The zero-order valence-corrected chi connectivity index (χ0v) is 19.1. The summed E-state index contributed by atoms with van der Waals surface area (Å²) < 4.78 is 11.0. The van der Waals surface area contributed by atoms with Gasteiger partial charge in [-0.3, -0.25) is 4.79 Å². The van der Waals surface area contributed by atoms with Gasteiger partial charge in [0.25, 0.3) is 5.91 Å². The summed E-state index contributed by atoms with van der Waals surface area (Å²) in [6, 6.07) is 17.8. The molecule has 3 rings (SSSR count). The highest BCUT2D eigenvalue weighted by Crippen LogP contribution is 2.31. The first kappa shape index (κ1) is 22.0. The van der Waals surface area contributed by atoms with Crippen LogP contribution in [0.2, 0.25) is 0 Å². The SMILES string of the molecule is COc1cccc(CNC(=O)c2ccc(CSc3cc(C(C)(C)C)ccc3C)o2)c1. The van der Waals surface area contributed by atoms with Gasteiger partial charge in [-0.05, 0) is 59.4 Å². The standard InChI is InChI=1S/C25H29NO3S/c1-17-9-10-19(25(2,3)4)14-23(17)30-16-21-11-12-22(29-21)24(27)26-15-18-7-6-8-20(13-18)28-5/h6-14H,15-16H2,1-5H3,(H,26,27). The van der Waals surface area contributed by atoms with Gasteiger partial charge in [0.1, 0.15) is 11.5 Å². The molecule has 0 atom stereocenters. The zero-order chi connectivity index (χ0) is 21.7. The van der Waals surface area contributed by atoms with Gasteiger partial charge in [-0.1, -0.05) is 45.0 Å². The Balaban J connectivity index is 1.59. The highest BCUT2D eigenvalue weighted by Gasteiger charge is 2.16. The molecule has 158 valence electrons. The fraction of sp³-hybridized carbons (Fsp3) is 0.320. The van der Waals surface area contributed by atoms with E-state index in [1.807, 2.05) is 30.3 Å². The second-order valence-electron chi connectivity index (χ2n) is 8.32. The summed E-state index contributed by atoms with van der Waals surface area (Å²) in [5, 5.41) is 2.89. The maximum absolute atomic E-state index is 12.4. The number of amides is 1. The van der Waals surface area contributed by atoms with E-state index in [2.05, 4.69) is 51.2 Å². The Bertz CT molecular complexity index is 1020. The van der Waals surface area contributed by atoms with Crippen LogP contribution < -0.4 is 10.1 Å². The predicted molar refractivity (Wildman–Crippen MR) is 122 cm³/mol. The number of hydrogen-bond acceptors (Lipinski definition) is 4. The molecule has 0 aliphatic carbocycles. The largest absolute Gasteiger partial charge is 0.497 e. The molecule has 1 N–H and O–H groups in total. The van der Waals surface area contributed by atoms with Crippen LogP contribution in [0.5, 0.6) is 5.75 Å². The fourth-order valence-electron chi connectivity index (χ4n) is 3.00. The first-order valence-corrected chi connectivity index (χ1v) is 11.0. The van der Waals surface area contributed by atoms with Gasteiger partial charge in [-0.15, -0.1) is 11.8 Å². The fourth-order valence-corrected chi connectivity index (χ4v) is 3.96. The quantitative estimate of drug-likeness (QED) is 0.465. The molecule has 0 saturated heterocycles. The van der Waals surface area contributed by atoms with Crippen molar-refractivity contribution in [2.24, 2.45) is 0 Å². The van der Waals surface area contributed by atoms with Gasteiger partial charge in [0.05, 0.1) is 12.9 Å². The highest BCUT2D eigenvalue weighted by atomic mass is 32.2. The lowest BCUT2D eigenvalue weighted by molar-refractivity contribution is 0.0921. The number of carbonyl (C=O) groups excluding carboxylic acids is 1. The van der Waals surface area contributed by atoms with Crippen LogP contribution in [0.1, 0.15) is 53.8 Å². The molecule has 1 amide bonds. The van der Waals surface area contributed by atoms with Crippen molar-refractivity contribution in [3.8, 4) is 5.75 Å². The number of hydrogen-bond donors (Lipinski definition) is 1. The van der Waals surface area contributed by atoms with Gasteiger partial charge in [-0.25, -0.2) is 0 Å². The molecule has 0 aliphatic heterocycles. The van der Waals surface area contributed by atoms with Crippen molar-refractivity contribution in [2.75, 3.05) is 7.11 Å². The molecule has 3 aromatic rings. The second-order valence-corrected chi connectivity index (χ2v) is 9.34. The van der Waals surface area contributed by atoms with Gasteiger partial charge in [0.15, 0.2) is 5.76 Å². The Labute approximate surface area is 183 Å². The van der Waals surface area contributed by atoms with E-state index in [0.29, 0.717) is 18.1 Å². The topological polar surface area (TPSA) is 51.5 Å². The molecule has 2 aromatic carbocycles. The molecular weight excluding hydrogens is 394 g/mol. The second kappa shape index (κ2) is 9.43. The van der Waals surface area contributed by atoms with E-state index < -0.39 is 0 Å². The molecule has 0 fully saturated rings. The van der Waals surface area contributed by atoms with E-state index in [-0.39, 0.29) is 11.3 Å². The lowest BCUT2D eigenvalue weighted by Gasteiger charge is -2.20. The van der Waals surface area contributed by atoms with Crippen molar-refractivity contribution in [1.29, 1.82) is 0 Å². The van der Waals surface area contributed by atoms with E-state index in [0.717, 1.165) is 17.1 Å². The first-order chi connectivity index (χ1) is 14.3. The zero-order valence-electron chi connectivity index (χ0n) is 18.2. The number of aryl methyl sites for hydroxylation is 1. The summed E-state index contributed by atoms with van der Waals surface area (Å²) in [4.78, 5) is 13.7. The van der Waals surface area contributed by atoms with Crippen molar-refractivity contribution in [1.82, 2.24) is 5.32 Å². The van der Waals surface area contributed by atoms with Crippen LogP contribution >= 0.6 is 11.8 Å². The van der Waals surface area contributed by atoms with Crippen LogP contribution in [0, 0.1) is 6.92 Å². The molecule has 4 nitrogen and oxygen atoms in total. The van der Waals surface area contributed by atoms with Crippen molar-refractivity contribution < 1.29 is 13.9 Å². The van der Waals surface area contributed by atoms with Crippen LogP contribution in [-0.4, -0.2) is 13.0 Å². The van der Waals surface area contributed by atoms with E-state index in [9.17, 15) is 4.79 Å². The molecule has 0 spiro atoms. The Morgan fingerprint density at radius 1 is 1.10 bits per heavy atom. The summed E-state index contributed by atoms with van der Waals surface area (Å²) in [5.74, 6) is 2.34. The minimum absolute atomic E-state index is 0.113. The van der Waals surface area contributed by atoms with Gasteiger partial charge in [0, 0.05) is 11.4 Å². The van der Waals surface area contributed by atoms with Gasteiger partial charge >= 0.3 is 0 Å². The van der Waals surface area contributed by atoms with Gasteiger partial charge in [0.2, 0.25) is 0 Å². The third-order valence-electron chi connectivity index (χ3n) is 4.90. The average molecular weight is 424 g/mol. The van der Waals surface area contributed by atoms with E-state index >= 15 is 0 Å². The molecule has 0 radical (unpaired) electrons. The Hall–Kier alpha value is -2.66. The molecule has 1 heterocycles. The predicted octanol–water partition coefficient (Wildman–Crippen LogP) is 6.12. The number of benzene rings is 2. The molecular formula is C25H29NO3S. The van der Waals surface area contributed by atoms with Crippen LogP contribution in [0.25, 0.3) is 0 Å². The molecule has 0 saturated carbocycles. The van der Waals surface area contributed by atoms with Crippen molar-refractivity contribution in [3.63, 3.8) is 0 Å². The number of rotatable bonds is 7. The summed E-state index contributed by atoms with van der Waals surface area (Å²) in [6.07, 6.45) is 0. The average Bonchev–Trinajstić information content (AvgIpc) is 3.20. The van der Waals surface area contributed by atoms with Crippen LogP contribution in [0.15, 0.2) is 63.9 Å². The maximum Gasteiger partial charge on any atom is 0.287 e. The van der Waals surface area contributed by atoms with Crippen molar-refractivity contribution >= 4 is 17.7 Å². The third kappa shape index (κ3) is 5.70. The van der Waals surface area contributed by atoms with Gasteiger partial charge < -0.3 is 14.5 Å². The normalized spacial score (nSPS) is 11.4. The highest BCUT2D eigenvalue weighted by molar-refractivity contribution is 7.98. The molecule has 30 heavy (non-hydrogen) atoms. The number of furan rings is 1. The smallest absolute Gasteiger partial charge is 0.287 e. The lowest BCUT2D eigenvalue weighted by atomic mass is 9.87. The molecule has 5 heteroatoms. The molecule has 0 bridgehead atoms. The van der Waals surface area contributed by atoms with Crippen LogP contribution in [0.4, 0.5) is 0 Å². The van der Waals surface area contributed by atoms with Crippen molar-refractivity contribution in [3.05, 3.63) is 82.8 Å². The van der Waals surface area contributed by atoms with E-state index in [4.69, 9.17) is 9.15 Å². The van der Waals surface area contributed by atoms with Gasteiger partial charge in [-0.2, -0.15) is 0 Å². The monoisotopic (exact) mass is 423 g/mol. The minimum atomic E-state index is -0.222. The lowest BCUT2D eigenvalue weighted by Crippen LogP contribution is -2.22. The van der Waals surface area contributed by atoms with Crippen LogP contribution in [0.3, 0.4) is 0 Å².